The quantitative estimate of drug-likeness (QED) is 0.537. The van der Waals surface area contributed by atoms with Crippen molar-refractivity contribution >= 4 is 18.0 Å². The smallest absolute Gasteiger partial charge is 0.342 e. The molecular formula is C24H26N2O8. The van der Waals surface area contributed by atoms with Crippen LogP contribution in [0.2, 0.25) is 0 Å². The van der Waals surface area contributed by atoms with Crippen molar-refractivity contribution in [2.24, 2.45) is 0 Å². The van der Waals surface area contributed by atoms with Gasteiger partial charge in [0.15, 0.2) is 11.5 Å². The molecule has 0 fully saturated rings. The van der Waals surface area contributed by atoms with Crippen LogP contribution in [0.5, 0.6) is 17.2 Å². The first kappa shape index (κ1) is 24.4. The number of hydrogen-bond acceptors (Lipinski definition) is 8. The zero-order valence-corrected chi connectivity index (χ0v) is 19.3. The van der Waals surface area contributed by atoms with E-state index in [1.54, 1.807) is 43.3 Å². The maximum Gasteiger partial charge on any atom is 0.342 e. The van der Waals surface area contributed by atoms with Crippen molar-refractivity contribution in [1.29, 1.82) is 0 Å². The van der Waals surface area contributed by atoms with Crippen molar-refractivity contribution in [3.8, 4) is 17.2 Å². The van der Waals surface area contributed by atoms with Crippen LogP contribution < -0.4 is 24.8 Å². The van der Waals surface area contributed by atoms with Crippen LogP contribution in [0.4, 0.5) is 4.79 Å². The predicted octanol–water partition coefficient (Wildman–Crippen LogP) is 2.74. The molecule has 1 unspecified atom stereocenters. The molecule has 0 radical (unpaired) electrons. The summed E-state index contributed by atoms with van der Waals surface area (Å²) in [6.07, 6.45) is 0. The molecule has 3 rings (SSSR count). The van der Waals surface area contributed by atoms with E-state index in [0.29, 0.717) is 17.1 Å². The van der Waals surface area contributed by atoms with E-state index in [-0.39, 0.29) is 35.8 Å². The minimum Gasteiger partial charge on any atom is -0.497 e. The number of amides is 2. The molecule has 2 aromatic rings. The van der Waals surface area contributed by atoms with Crippen LogP contribution in [0.3, 0.4) is 0 Å². The lowest BCUT2D eigenvalue weighted by Crippen LogP contribution is -2.47. The van der Waals surface area contributed by atoms with Crippen LogP contribution in [-0.4, -0.2) is 52.5 Å². The van der Waals surface area contributed by atoms with Crippen LogP contribution in [0.15, 0.2) is 53.7 Å². The zero-order chi connectivity index (χ0) is 24.7. The summed E-state index contributed by atoms with van der Waals surface area (Å²) >= 11 is 0. The van der Waals surface area contributed by atoms with E-state index in [9.17, 15) is 14.4 Å². The fraction of sp³-hybridized carbons (Fsp3) is 0.292. The summed E-state index contributed by atoms with van der Waals surface area (Å²) in [5, 5.41) is 5.27. The van der Waals surface area contributed by atoms with Gasteiger partial charge in [-0.2, -0.15) is 0 Å². The van der Waals surface area contributed by atoms with E-state index < -0.39 is 24.0 Å². The molecule has 0 bridgehead atoms. The van der Waals surface area contributed by atoms with E-state index in [0.717, 1.165) is 0 Å². The highest BCUT2D eigenvalue weighted by Gasteiger charge is 2.34. The molecule has 1 atom stereocenters. The average molecular weight is 470 g/mol. The monoisotopic (exact) mass is 470 g/mol. The highest BCUT2D eigenvalue weighted by molar-refractivity contribution is 5.96. The second kappa shape index (κ2) is 11.1. The Labute approximate surface area is 196 Å². The molecule has 2 N–H and O–H groups in total. The van der Waals surface area contributed by atoms with E-state index >= 15 is 0 Å². The van der Waals surface area contributed by atoms with Gasteiger partial charge in [0.05, 0.1) is 45.2 Å². The topological polar surface area (TPSA) is 121 Å². The van der Waals surface area contributed by atoms with Crippen molar-refractivity contribution in [1.82, 2.24) is 10.6 Å². The second-order valence-corrected chi connectivity index (χ2v) is 7.03. The molecule has 2 amide bonds. The first-order valence-corrected chi connectivity index (χ1v) is 10.4. The molecule has 34 heavy (non-hydrogen) atoms. The van der Waals surface area contributed by atoms with Gasteiger partial charge in [-0.25, -0.2) is 14.4 Å². The van der Waals surface area contributed by atoms with Gasteiger partial charge in [0.1, 0.15) is 17.9 Å². The molecule has 180 valence electrons. The number of para-hydroxylation sites is 1. The summed E-state index contributed by atoms with van der Waals surface area (Å²) in [6.45, 7) is 1.41. The highest BCUT2D eigenvalue weighted by atomic mass is 16.5. The molecule has 0 saturated carbocycles. The molecule has 10 heteroatoms. The predicted molar refractivity (Wildman–Crippen MR) is 121 cm³/mol. The van der Waals surface area contributed by atoms with E-state index in [1.807, 2.05) is 0 Å². The number of methoxy groups -OCH3 is 3. The first-order valence-electron chi connectivity index (χ1n) is 10.4. The Bertz CT molecular complexity index is 1090. The SMILES string of the molecule is CCOC(=O)C1=C(COC(=O)c2cccc(OC)c2OC)NC(=O)NC1c1ccc(OC)cc1. The Hall–Kier alpha value is -4.21. The molecule has 0 aromatic heterocycles. The second-order valence-electron chi connectivity index (χ2n) is 7.03. The standard InChI is InChI=1S/C24H26N2O8/c1-5-33-23(28)19-17(13-34-22(27)16-7-6-8-18(31-3)21(16)32-4)25-24(29)26-20(19)14-9-11-15(30-2)12-10-14/h6-12,20H,5,13H2,1-4H3,(H2,25,26,29). The van der Waals surface area contributed by atoms with E-state index in [2.05, 4.69) is 10.6 Å². The molecule has 1 heterocycles. The highest BCUT2D eigenvalue weighted by Crippen LogP contribution is 2.32. The van der Waals surface area contributed by atoms with E-state index in [4.69, 9.17) is 23.7 Å². The Morgan fingerprint density at radius 2 is 1.65 bits per heavy atom. The molecule has 0 saturated heterocycles. The fourth-order valence-corrected chi connectivity index (χ4v) is 3.49. The van der Waals surface area contributed by atoms with Gasteiger partial charge in [0.25, 0.3) is 0 Å². The number of carbonyl (C=O) groups excluding carboxylic acids is 3. The molecule has 10 nitrogen and oxygen atoms in total. The van der Waals surface area contributed by atoms with Crippen LogP contribution >= 0.6 is 0 Å². The Kier molecular flexibility index (Phi) is 7.96. The third-order valence-corrected chi connectivity index (χ3v) is 5.07. The summed E-state index contributed by atoms with van der Waals surface area (Å²) in [5.41, 5.74) is 0.986. The molecule has 1 aliphatic heterocycles. The Morgan fingerprint density at radius 1 is 0.912 bits per heavy atom. The van der Waals surface area contributed by atoms with Gasteiger partial charge in [-0.1, -0.05) is 18.2 Å². The van der Waals surface area contributed by atoms with E-state index in [1.165, 1.54) is 27.4 Å². The van der Waals surface area contributed by atoms with Crippen LogP contribution in [0.25, 0.3) is 0 Å². The molecule has 2 aromatic carbocycles. The minimum atomic E-state index is -0.821. The summed E-state index contributed by atoms with van der Waals surface area (Å²) in [7, 11) is 4.39. The van der Waals surface area contributed by atoms with Crippen molar-refractivity contribution in [3.05, 3.63) is 64.9 Å². The van der Waals surface area contributed by atoms with Gasteiger partial charge in [0, 0.05) is 0 Å². The number of esters is 2. The lowest BCUT2D eigenvalue weighted by Gasteiger charge is -2.29. The van der Waals surface area contributed by atoms with Crippen molar-refractivity contribution in [3.63, 3.8) is 0 Å². The first-order chi connectivity index (χ1) is 16.4. The third-order valence-electron chi connectivity index (χ3n) is 5.07. The van der Waals surface area contributed by atoms with Crippen molar-refractivity contribution in [2.45, 2.75) is 13.0 Å². The number of nitrogens with one attached hydrogen (secondary N) is 2. The number of hydrogen-bond donors (Lipinski definition) is 2. The maximum atomic E-state index is 12.8. The van der Waals surface area contributed by atoms with Crippen molar-refractivity contribution < 1.29 is 38.1 Å². The Morgan fingerprint density at radius 3 is 2.26 bits per heavy atom. The van der Waals surface area contributed by atoms with Gasteiger partial charge >= 0.3 is 18.0 Å². The van der Waals surface area contributed by atoms with Gasteiger partial charge in [-0.05, 0) is 36.8 Å². The van der Waals surface area contributed by atoms with Gasteiger partial charge in [-0.3, -0.25) is 0 Å². The average Bonchev–Trinajstić information content (AvgIpc) is 2.86. The van der Waals surface area contributed by atoms with Crippen LogP contribution in [-0.2, 0) is 14.3 Å². The van der Waals surface area contributed by atoms with Crippen molar-refractivity contribution in [2.75, 3.05) is 34.5 Å². The maximum absolute atomic E-state index is 12.8. The van der Waals surface area contributed by atoms with Crippen LogP contribution in [0, 0.1) is 0 Å². The summed E-state index contributed by atoms with van der Waals surface area (Å²) in [4.78, 5) is 38.0. The third kappa shape index (κ3) is 5.22. The summed E-state index contributed by atoms with van der Waals surface area (Å²) < 4.78 is 26.3. The van der Waals surface area contributed by atoms with Gasteiger partial charge in [-0.15, -0.1) is 0 Å². The normalized spacial score (nSPS) is 15.1. The fourth-order valence-electron chi connectivity index (χ4n) is 3.49. The van der Waals surface area contributed by atoms with Crippen LogP contribution in [0.1, 0.15) is 28.9 Å². The molecule has 0 aliphatic carbocycles. The number of urea groups is 1. The number of carbonyl (C=O) groups is 3. The summed E-state index contributed by atoms with van der Waals surface area (Å²) in [6, 6.07) is 10.3. The largest absolute Gasteiger partial charge is 0.497 e. The minimum absolute atomic E-state index is 0.109. The lowest BCUT2D eigenvalue weighted by atomic mass is 9.95. The molecule has 0 spiro atoms. The van der Waals surface area contributed by atoms with Gasteiger partial charge < -0.3 is 34.3 Å². The van der Waals surface area contributed by atoms with Gasteiger partial charge in [0.2, 0.25) is 0 Å². The Balaban J connectivity index is 1.94. The molecular weight excluding hydrogens is 444 g/mol. The molecule has 1 aliphatic rings. The zero-order valence-electron chi connectivity index (χ0n) is 19.3. The number of benzene rings is 2. The number of ether oxygens (including phenoxy) is 5. The lowest BCUT2D eigenvalue weighted by molar-refractivity contribution is -0.139. The number of rotatable bonds is 9. The summed E-state index contributed by atoms with van der Waals surface area (Å²) in [5.74, 6) is -0.189.